The molecule has 0 saturated carbocycles. The minimum absolute atomic E-state index is 0.0738. The van der Waals surface area contributed by atoms with Crippen molar-refractivity contribution < 1.29 is 31.1 Å². The van der Waals surface area contributed by atoms with E-state index >= 15 is 0 Å². The van der Waals surface area contributed by atoms with Gasteiger partial charge in [-0.25, -0.2) is 26.3 Å². The summed E-state index contributed by atoms with van der Waals surface area (Å²) in [4.78, 5) is 10.8. The largest absolute Gasteiger partial charge is 0.326 e. The zero-order valence-corrected chi connectivity index (χ0v) is 10.9. The van der Waals surface area contributed by atoms with Crippen molar-refractivity contribution in [3.8, 4) is 11.1 Å². The van der Waals surface area contributed by atoms with Gasteiger partial charge in [0.15, 0.2) is 23.3 Å². The van der Waals surface area contributed by atoms with E-state index in [-0.39, 0.29) is 11.8 Å². The molecule has 0 aliphatic carbocycles. The smallest absolute Gasteiger partial charge is 0.221 e. The summed E-state index contributed by atoms with van der Waals surface area (Å²) in [5, 5.41) is 2.06. The van der Waals surface area contributed by atoms with Gasteiger partial charge in [-0.15, -0.1) is 0 Å². The first-order valence-electron chi connectivity index (χ1n) is 5.82. The molecule has 0 radical (unpaired) electrons. The molecular weight excluding hydrogens is 312 g/mol. The molecule has 0 aliphatic rings. The van der Waals surface area contributed by atoms with Gasteiger partial charge in [-0.2, -0.15) is 0 Å². The molecule has 0 aliphatic heterocycles. The lowest BCUT2D eigenvalue weighted by Gasteiger charge is -2.11. The normalized spacial score (nSPS) is 10.7. The van der Waals surface area contributed by atoms with Gasteiger partial charge in [0.25, 0.3) is 0 Å². The van der Waals surface area contributed by atoms with Crippen molar-refractivity contribution in [2.45, 2.75) is 6.92 Å². The number of nitrogens with one attached hydrogen (secondary N) is 1. The van der Waals surface area contributed by atoms with Crippen LogP contribution in [0.4, 0.5) is 32.0 Å². The SMILES string of the molecule is CC(=O)Nc1cc(F)c(-c2c(F)c(F)cc(F)c2F)c(F)c1. The predicted molar refractivity (Wildman–Crippen MR) is 65.9 cm³/mol. The minimum atomic E-state index is -1.93. The molecular formula is C14H7F6NO. The number of carbonyl (C=O) groups excluding carboxylic acids is 1. The summed E-state index contributed by atoms with van der Waals surface area (Å²) in [6.45, 7) is 1.07. The van der Waals surface area contributed by atoms with Gasteiger partial charge in [-0.1, -0.05) is 0 Å². The Bertz CT molecular complexity index is 725. The van der Waals surface area contributed by atoms with Crippen LogP contribution in [0.25, 0.3) is 11.1 Å². The van der Waals surface area contributed by atoms with Crippen LogP contribution >= 0.6 is 0 Å². The van der Waals surface area contributed by atoms with E-state index in [0.717, 1.165) is 6.92 Å². The second-order valence-electron chi connectivity index (χ2n) is 4.34. The van der Waals surface area contributed by atoms with Crippen LogP contribution in [-0.2, 0) is 4.79 Å². The van der Waals surface area contributed by atoms with Crippen LogP contribution in [0.15, 0.2) is 18.2 Å². The lowest BCUT2D eigenvalue weighted by Crippen LogP contribution is -2.08. The van der Waals surface area contributed by atoms with Crippen molar-refractivity contribution in [1.82, 2.24) is 0 Å². The zero-order valence-electron chi connectivity index (χ0n) is 10.9. The molecule has 2 nitrogen and oxygen atoms in total. The fourth-order valence-electron chi connectivity index (χ4n) is 1.88. The number of halogens is 6. The number of benzene rings is 2. The lowest BCUT2D eigenvalue weighted by atomic mass is 10.0. The van der Waals surface area contributed by atoms with Crippen molar-refractivity contribution in [2.75, 3.05) is 5.32 Å². The predicted octanol–water partition coefficient (Wildman–Crippen LogP) is 4.15. The van der Waals surface area contributed by atoms with E-state index in [4.69, 9.17) is 0 Å². The third kappa shape index (κ3) is 2.76. The minimum Gasteiger partial charge on any atom is -0.326 e. The first-order valence-corrected chi connectivity index (χ1v) is 5.82. The third-order valence-electron chi connectivity index (χ3n) is 2.72. The molecule has 2 aromatic carbocycles. The fraction of sp³-hybridized carbons (Fsp3) is 0.0714. The Kier molecular flexibility index (Phi) is 4.11. The molecule has 0 atom stereocenters. The molecule has 0 saturated heterocycles. The average molecular weight is 319 g/mol. The van der Waals surface area contributed by atoms with Crippen molar-refractivity contribution in [2.24, 2.45) is 0 Å². The van der Waals surface area contributed by atoms with E-state index in [1.165, 1.54) is 0 Å². The summed E-state index contributed by atoms with van der Waals surface area (Å²) < 4.78 is 81.3. The molecule has 116 valence electrons. The van der Waals surface area contributed by atoms with Crippen molar-refractivity contribution in [3.05, 3.63) is 53.1 Å². The Balaban J connectivity index is 2.72. The Morgan fingerprint density at radius 2 is 1.23 bits per heavy atom. The molecule has 0 bridgehead atoms. The number of rotatable bonds is 2. The van der Waals surface area contributed by atoms with Crippen LogP contribution in [0.5, 0.6) is 0 Å². The molecule has 8 heteroatoms. The second kappa shape index (κ2) is 5.70. The lowest BCUT2D eigenvalue weighted by molar-refractivity contribution is -0.114. The number of amides is 1. The Labute approximate surface area is 120 Å². The van der Waals surface area contributed by atoms with Crippen molar-refractivity contribution in [3.63, 3.8) is 0 Å². The van der Waals surface area contributed by atoms with Gasteiger partial charge in [-0.05, 0) is 12.1 Å². The van der Waals surface area contributed by atoms with Gasteiger partial charge < -0.3 is 5.32 Å². The summed E-state index contributed by atoms with van der Waals surface area (Å²) in [5.41, 5.74) is -3.09. The molecule has 2 aromatic rings. The Hall–Kier alpha value is -2.51. The summed E-state index contributed by atoms with van der Waals surface area (Å²) in [5.74, 6) is -11.1. The number of carbonyl (C=O) groups is 1. The second-order valence-corrected chi connectivity index (χ2v) is 4.34. The van der Waals surface area contributed by atoms with E-state index in [9.17, 15) is 31.1 Å². The monoisotopic (exact) mass is 319 g/mol. The first kappa shape index (κ1) is 15.9. The van der Waals surface area contributed by atoms with Gasteiger partial charge in [-0.3, -0.25) is 4.79 Å². The van der Waals surface area contributed by atoms with E-state index in [1.807, 2.05) is 0 Å². The molecule has 0 spiro atoms. The topological polar surface area (TPSA) is 29.1 Å². The maximum atomic E-state index is 13.9. The molecule has 0 fully saturated rings. The van der Waals surface area contributed by atoms with Gasteiger partial charge in [0.05, 0.1) is 11.1 Å². The van der Waals surface area contributed by atoms with Crippen LogP contribution in [0.3, 0.4) is 0 Å². The Morgan fingerprint density at radius 1 is 0.773 bits per heavy atom. The molecule has 22 heavy (non-hydrogen) atoms. The number of anilines is 1. The van der Waals surface area contributed by atoms with E-state index < -0.39 is 51.9 Å². The van der Waals surface area contributed by atoms with Gasteiger partial charge >= 0.3 is 0 Å². The van der Waals surface area contributed by atoms with Crippen molar-refractivity contribution in [1.29, 1.82) is 0 Å². The zero-order chi connectivity index (χ0) is 16.6. The van der Waals surface area contributed by atoms with Crippen LogP contribution in [0.1, 0.15) is 6.92 Å². The third-order valence-corrected chi connectivity index (χ3v) is 2.72. The molecule has 1 amide bonds. The molecule has 0 heterocycles. The summed E-state index contributed by atoms with van der Waals surface area (Å²) >= 11 is 0. The van der Waals surface area contributed by atoms with Gasteiger partial charge in [0.1, 0.15) is 11.6 Å². The maximum Gasteiger partial charge on any atom is 0.221 e. The van der Waals surface area contributed by atoms with Crippen LogP contribution in [0, 0.1) is 34.9 Å². The number of hydrogen-bond acceptors (Lipinski definition) is 1. The standard InChI is InChI=1S/C14H7F6NO/c1-5(22)21-6-2-7(15)11(8(16)3-6)12-13(19)9(17)4-10(18)14(12)20/h2-4H,1H3,(H,21,22). The van der Waals surface area contributed by atoms with Gasteiger partial charge in [0, 0.05) is 18.7 Å². The van der Waals surface area contributed by atoms with Crippen LogP contribution < -0.4 is 5.32 Å². The van der Waals surface area contributed by atoms with Gasteiger partial charge in [0.2, 0.25) is 5.91 Å². The quantitative estimate of drug-likeness (QED) is 0.654. The summed E-state index contributed by atoms with van der Waals surface area (Å²) in [7, 11) is 0. The molecule has 2 rings (SSSR count). The van der Waals surface area contributed by atoms with Crippen LogP contribution in [0.2, 0.25) is 0 Å². The highest BCUT2D eigenvalue weighted by Crippen LogP contribution is 2.34. The molecule has 0 unspecified atom stereocenters. The van der Waals surface area contributed by atoms with Crippen LogP contribution in [-0.4, -0.2) is 5.91 Å². The van der Waals surface area contributed by atoms with E-state index in [2.05, 4.69) is 5.32 Å². The highest BCUT2D eigenvalue weighted by Gasteiger charge is 2.26. The Morgan fingerprint density at radius 3 is 1.64 bits per heavy atom. The summed E-state index contributed by atoms with van der Waals surface area (Å²) in [6.07, 6.45) is 0. The summed E-state index contributed by atoms with van der Waals surface area (Å²) in [6, 6.07) is 1.07. The highest BCUT2D eigenvalue weighted by molar-refractivity contribution is 5.89. The van der Waals surface area contributed by atoms with Crippen molar-refractivity contribution >= 4 is 11.6 Å². The highest BCUT2D eigenvalue weighted by atomic mass is 19.2. The van der Waals surface area contributed by atoms with E-state index in [0.29, 0.717) is 12.1 Å². The molecule has 0 aromatic heterocycles. The van der Waals surface area contributed by atoms with E-state index in [1.54, 1.807) is 0 Å². The average Bonchev–Trinajstić information content (AvgIpc) is 2.38. The fourth-order valence-corrected chi connectivity index (χ4v) is 1.88. The maximum absolute atomic E-state index is 13.9. The first-order chi connectivity index (χ1) is 10.2. The number of hydrogen-bond donors (Lipinski definition) is 1. The molecule has 1 N–H and O–H groups in total.